The van der Waals surface area contributed by atoms with Crippen LogP contribution in [0.15, 0.2) is 176 Å². The Morgan fingerprint density at radius 3 is 1.56 bits per heavy atom. The average molecular weight is 716 g/mol. The molecule has 52 heavy (non-hydrogen) atoms. The molecule has 0 atom stereocenters. The smallest absolute Gasteiger partial charge is 0.0555 e. The van der Waals surface area contributed by atoms with Crippen LogP contribution in [0.25, 0.3) is 82.8 Å². The second-order valence-electron chi connectivity index (χ2n) is 13.2. The van der Waals surface area contributed by atoms with Gasteiger partial charge in [-0.2, -0.15) is 0 Å². The van der Waals surface area contributed by atoms with Gasteiger partial charge in [0.15, 0.2) is 0 Å². The topological polar surface area (TPSA) is 3.24 Å². The van der Waals surface area contributed by atoms with Crippen molar-refractivity contribution in [3.05, 3.63) is 176 Å². The quantitative estimate of drug-likeness (QED) is 0.171. The van der Waals surface area contributed by atoms with Crippen molar-refractivity contribution >= 4 is 112 Å². The Labute approximate surface area is 312 Å². The maximum atomic E-state index is 2.51. The largest absolute Gasteiger partial charge is 0.310 e. The molecule has 0 unspecified atom stereocenters. The average Bonchev–Trinajstić information content (AvgIpc) is 3.90. The predicted molar refractivity (Wildman–Crippen MR) is 231 cm³/mol. The molecule has 0 saturated heterocycles. The molecule has 244 valence electrons. The first-order chi connectivity index (χ1) is 25.8. The van der Waals surface area contributed by atoms with Crippen LogP contribution in [0.3, 0.4) is 0 Å². The lowest BCUT2D eigenvalue weighted by atomic mass is 9.99. The van der Waals surface area contributed by atoms with E-state index in [0.29, 0.717) is 0 Å². The molecule has 0 fully saturated rings. The Morgan fingerprint density at radius 2 is 0.846 bits per heavy atom. The highest BCUT2D eigenvalue weighted by atomic mass is 32.1. The van der Waals surface area contributed by atoms with Crippen LogP contribution in [0.1, 0.15) is 0 Å². The number of nitrogens with zero attached hydrogens (tertiary/aromatic N) is 1. The van der Waals surface area contributed by atoms with E-state index in [1.54, 1.807) is 0 Å². The van der Waals surface area contributed by atoms with Gasteiger partial charge >= 0.3 is 0 Å². The van der Waals surface area contributed by atoms with E-state index in [4.69, 9.17) is 0 Å². The molecule has 8 aromatic carbocycles. The Hall–Kier alpha value is -5.78. The summed E-state index contributed by atoms with van der Waals surface area (Å²) >= 11 is 5.65. The first-order valence-corrected chi connectivity index (χ1v) is 20.0. The molecule has 0 amide bonds. The van der Waals surface area contributed by atoms with Gasteiger partial charge in [-0.25, -0.2) is 0 Å². The molecule has 0 bridgehead atoms. The van der Waals surface area contributed by atoms with E-state index < -0.39 is 0 Å². The van der Waals surface area contributed by atoms with Crippen LogP contribution in [0.4, 0.5) is 17.1 Å². The molecule has 0 aliphatic carbocycles. The summed E-state index contributed by atoms with van der Waals surface area (Å²) < 4.78 is 7.87. The highest BCUT2D eigenvalue weighted by Gasteiger charge is 2.23. The minimum atomic E-state index is 1.15. The zero-order chi connectivity index (χ0) is 34.2. The molecular formula is C48H29NS3. The Bertz CT molecular complexity index is 3130. The van der Waals surface area contributed by atoms with E-state index in [2.05, 4.69) is 181 Å². The van der Waals surface area contributed by atoms with E-state index in [1.165, 1.54) is 88.5 Å². The van der Waals surface area contributed by atoms with Gasteiger partial charge in [0.05, 0.1) is 5.69 Å². The van der Waals surface area contributed by atoms with Crippen molar-refractivity contribution in [2.24, 2.45) is 0 Å². The summed E-state index contributed by atoms with van der Waals surface area (Å²) in [5.41, 5.74) is 8.55. The van der Waals surface area contributed by atoms with Crippen LogP contribution in [0.5, 0.6) is 0 Å². The van der Waals surface area contributed by atoms with E-state index in [1.807, 2.05) is 34.0 Å². The van der Waals surface area contributed by atoms with Crippen molar-refractivity contribution in [2.45, 2.75) is 0 Å². The number of benzene rings is 8. The molecule has 11 rings (SSSR count). The lowest BCUT2D eigenvalue weighted by Crippen LogP contribution is -2.10. The maximum Gasteiger partial charge on any atom is 0.0555 e. The zero-order valence-corrected chi connectivity index (χ0v) is 30.4. The van der Waals surface area contributed by atoms with Gasteiger partial charge in [0.2, 0.25) is 0 Å². The highest BCUT2D eigenvalue weighted by molar-refractivity contribution is 7.27. The molecule has 0 aliphatic heterocycles. The fraction of sp³-hybridized carbons (Fsp3) is 0. The summed E-state index contributed by atoms with van der Waals surface area (Å²) in [6.45, 7) is 0. The summed E-state index contributed by atoms with van der Waals surface area (Å²) in [5, 5.41) is 7.77. The molecule has 0 spiro atoms. The second kappa shape index (κ2) is 11.9. The molecule has 1 nitrogen and oxygen atoms in total. The van der Waals surface area contributed by atoms with Gasteiger partial charge < -0.3 is 4.90 Å². The predicted octanol–water partition coefficient (Wildman–Crippen LogP) is 15.6. The van der Waals surface area contributed by atoms with Gasteiger partial charge in [-0.15, -0.1) is 34.0 Å². The molecule has 3 heterocycles. The number of thiophene rings is 3. The van der Waals surface area contributed by atoms with Crippen molar-refractivity contribution < 1.29 is 0 Å². The van der Waals surface area contributed by atoms with E-state index in [-0.39, 0.29) is 0 Å². The van der Waals surface area contributed by atoms with Crippen LogP contribution in [-0.4, -0.2) is 0 Å². The van der Waals surface area contributed by atoms with Gasteiger partial charge in [-0.05, 0) is 76.9 Å². The number of hydrogen-bond acceptors (Lipinski definition) is 4. The molecule has 0 saturated carbocycles. The molecule has 4 heteroatoms. The van der Waals surface area contributed by atoms with Gasteiger partial charge in [-0.3, -0.25) is 0 Å². The van der Waals surface area contributed by atoms with Crippen LogP contribution in [-0.2, 0) is 0 Å². The Kier molecular flexibility index (Phi) is 6.84. The number of anilines is 3. The number of rotatable bonds is 5. The van der Waals surface area contributed by atoms with Gasteiger partial charge in [0, 0.05) is 71.9 Å². The SMILES string of the molecule is c1ccc(-c2cccc3c2sc2ccc(N(c4ccc5sc6ccccc6c5c4)c4ccc(-c5ccccc5)c5sc6ccccc6c45)cc23)cc1. The monoisotopic (exact) mass is 715 g/mol. The first-order valence-electron chi connectivity index (χ1n) is 17.5. The van der Waals surface area contributed by atoms with Crippen molar-refractivity contribution in [1.82, 2.24) is 0 Å². The standard InChI is InChI=1S/C48H29NS3/c1-3-12-30(13-4-1)34-18-11-19-37-40-29-33(23-27-45(40)51-47(34)37)49(32-22-26-44-39(28-32)36-16-7-9-20-42(36)50-44)41-25-24-35(31-14-5-2-6-15-31)48-46(41)38-17-8-10-21-43(38)52-48/h1-29H. The van der Waals surface area contributed by atoms with Crippen molar-refractivity contribution in [1.29, 1.82) is 0 Å². The summed E-state index contributed by atoms with van der Waals surface area (Å²) in [6.07, 6.45) is 0. The van der Waals surface area contributed by atoms with Crippen LogP contribution in [0.2, 0.25) is 0 Å². The van der Waals surface area contributed by atoms with Gasteiger partial charge in [-0.1, -0.05) is 121 Å². The third-order valence-corrected chi connectivity index (χ3v) is 13.8. The zero-order valence-electron chi connectivity index (χ0n) is 27.9. The summed E-state index contributed by atoms with van der Waals surface area (Å²) in [5.74, 6) is 0. The first kappa shape index (κ1) is 29.9. The molecule has 0 aliphatic rings. The third kappa shape index (κ3) is 4.65. The normalized spacial score (nSPS) is 11.8. The molecule has 0 N–H and O–H groups in total. The van der Waals surface area contributed by atoms with E-state index in [9.17, 15) is 0 Å². The molecule has 0 radical (unpaired) electrons. The summed E-state index contributed by atoms with van der Waals surface area (Å²) in [6, 6.07) is 64.8. The van der Waals surface area contributed by atoms with E-state index in [0.717, 1.165) is 11.4 Å². The van der Waals surface area contributed by atoms with Crippen molar-refractivity contribution in [3.63, 3.8) is 0 Å². The molecular weight excluding hydrogens is 687 g/mol. The number of fused-ring (bicyclic) bond motifs is 9. The second-order valence-corrected chi connectivity index (χ2v) is 16.4. The minimum Gasteiger partial charge on any atom is -0.310 e. The lowest BCUT2D eigenvalue weighted by molar-refractivity contribution is 1.31. The van der Waals surface area contributed by atoms with Crippen LogP contribution < -0.4 is 4.90 Å². The fourth-order valence-corrected chi connectivity index (χ4v) is 11.5. The minimum absolute atomic E-state index is 1.15. The summed E-state index contributed by atoms with van der Waals surface area (Å²) in [4.78, 5) is 2.51. The Morgan fingerprint density at radius 1 is 0.327 bits per heavy atom. The van der Waals surface area contributed by atoms with Gasteiger partial charge in [0.1, 0.15) is 0 Å². The van der Waals surface area contributed by atoms with Gasteiger partial charge in [0.25, 0.3) is 0 Å². The van der Waals surface area contributed by atoms with Crippen LogP contribution in [0, 0.1) is 0 Å². The lowest BCUT2D eigenvalue weighted by Gasteiger charge is -2.27. The molecule has 11 aromatic rings. The van der Waals surface area contributed by atoms with Crippen molar-refractivity contribution in [2.75, 3.05) is 4.90 Å². The fourth-order valence-electron chi connectivity index (χ4n) is 7.89. The molecule has 3 aromatic heterocycles. The highest BCUT2D eigenvalue weighted by Crippen LogP contribution is 2.50. The third-order valence-electron chi connectivity index (χ3n) is 10.3. The maximum absolute atomic E-state index is 2.51. The van der Waals surface area contributed by atoms with Crippen LogP contribution >= 0.6 is 34.0 Å². The van der Waals surface area contributed by atoms with Crippen molar-refractivity contribution in [3.8, 4) is 22.3 Å². The summed E-state index contributed by atoms with van der Waals surface area (Å²) in [7, 11) is 0. The number of hydrogen-bond donors (Lipinski definition) is 0. The Balaban J connectivity index is 1.21. The van der Waals surface area contributed by atoms with E-state index >= 15 is 0 Å².